The second-order valence-corrected chi connectivity index (χ2v) is 9.06. The second-order valence-electron chi connectivity index (χ2n) is 8.65. The summed E-state index contributed by atoms with van der Waals surface area (Å²) in [5.74, 6) is -0.826. The van der Waals surface area contributed by atoms with E-state index < -0.39 is 23.4 Å². The minimum absolute atomic E-state index is 0.265. The second kappa shape index (κ2) is 8.99. The molecular formula is C28H21ClF3N3O. The first-order chi connectivity index (χ1) is 17.1. The van der Waals surface area contributed by atoms with Gasteiger partial charge in [-0.2, -0.15) is 23.3 Å². The average Bonchev–Trinajstić information content (AvgIpc) is 3.30. The van der Waals surface area contributed by atoms with E-state index in [1.807, 2.05) is 54.8 Å². The van der Waals surface area contributed by atoms with Crippen LogP contribution in [0, 0.1) is 13.8 Å². The number of para-hydroxylation sites is 1. The van der Waals surface area contributed by atoms with E-state index in [-0.39, 0.29) is 5.69 Å². The third-order valence-electron chi connectivity index (χ3n) is 6.25. The average molecular weight is 508 g/mol. The Balaban J connectivity index is 1.69. The van der Waals surface area contributed by atoms with Crippen molar-refractivity contribution in [1.29, 1.82) is 0 Å². The van der Waals surface area contributed by atoms with E-state index in [9.17, 15) is 18.0 Å². The Kier molecular flexibility index (Phi) is 5.96. The van der Waals surface area contributed by atoms with Crippen LogP contribution in [0.15, 0.2) is 83.5 Å². The number of aryl methyl sites for hydroxylation is 1. The number of rotatable bonds is 4. The highest BCUT2D eigenvalue weighted by molar-refractivity contribution is 6.34. The molecule has 5 rings (SSSR count). The van der Waals surface area contributed by atoms with Crippen LogP contribution in [-0.2, 0) is 11.3 Å². The van der Waals surface area contributed by atoms with Crippen LogP contribution in [0.3, 0.4) is 0 Å². The number of aromatic nitrogens is 1. The number of anilines is 1. The van der Waals surface area contributed by atoms with Crippen molar-refractivity contribution in [2.75, 3.05) is 5.01 Å². The van der Waals surface area contributed by atoms with Gasteiger partial charge < -0.3 is 4.57 Å². The Labute approximate surface area is 210 Å². The van der Waals surface area contributed by atoms with Gasteiger partial charge in [0.25, 0.3) is 5.91 Å². The van der Waals surface area contributed by atoms with Gasteiger partial charge in [-0.15, -0.1) is 0 Å². The fraction of sp³-hybridized carbons (Fsp3) is 0.143. The molecule has 182 valence electrons. The summed E-state index contributed by atoms with van der Waals surface area (Å²) in [5, 5.41) is 5.84. The molecule has 1 aromatic heterocycles. The van der Waals surface area contributed by atoms with Crippen LogP contribution in [0.2, 0.25) is 5.02 Å². The zero-order valence-corrected chi connectivity index (χ0v) is 20.2. The highest BCUT2D eigenvalue weighted by atomic mass is 35.5. The standard InChI is InChI=1S/C28H21ClF3N3O/c1-17-12-13-25-22(14-17)21(18(2)34(25)16-19-8-6-7-11-24(19)29)15-23-26(28(30,31)32)33-35(27(23)36)20-9-4-3-5-10-20/h3-15H,16H2,1-2H3/b23-15+. The normalized spacial score (nSPS) is 15.3. The van der Waals surface area contributed by atoms with Crippen LogP contribution in [0.1, 0.15) is 22.4 Å². The van der Waals surface area contributed by atoms with E-state index in [0.29, 0.717) is 17.1 Å². The number of hydrogen-bond acceptors (Lipinski definition) is 2. The van der Waals surface area contributed by atoms with Crippen molar-refractivity contribution in [2.24, 2.45) is 5.10 Å². The predicted molar refractivity (Wildman–Crippen MR) is 137 cm³/mol. The monoisotopic (exact) mass is 507 g/mol. The zero-order chi connectivity index (χ0) is 25.6. The summed E-state index contributed by atoms with van der Waals surface area (Å²) >= 11 is 6.39. The minimum atomic E-state index is -4.80. The molecule has 0 saturated carbocycles. The van der Waals surface area contributed by atoms with Gasteiger partial charge in [0.1, 0.15) is 0 Å². The summed E-state index contributed by atoms with van der Waals surface area (Å²) < 4.78 is 44.1. The Morgan fingerprint density at radius 2 is 1.67 bits per heavy atom. The molecule has 8 heteroatoms. The maximum Gasteiger partial charge on any atom is 0.435 e. The smallest absolute Gasteiger partial charge is 0.340 e. The SMILES string of the molecule is Cc1ccc2c(c1)c(/C=C1/C(=O)N(c3ccccc3)N=C1C(F)(F)F)c(C)n2Cc1ccccc1Cl. The van der Waals surface area contributed by atoms with Crippen molar-refractivity contribution in [2.45, 2.75) is 26.6 Å². The molecular weight excluding hydrogens is 487 g/mol. The highest BCUT2D eigenvalue weighted by Crippen LogP contribution is 2.36. The lowest BCUT2D eigenvalue weighted by atomic mass is 10.0. The molecule has 3 aromatic carbocycles. The molecule has 0 atom stereocenters. The number of hydrazone groups is 1. The van der Waals surface area contributed by atoms with Gasteiger partial charge in [0.15, 0.2) is 5.71 Å². The number of fused-ring (bicyclic) bond motifs is 1. The molecule has 4 nitrogen and oxygen atoms in total. The first-order valence-electron chi connectivity index (χ1n) is 11.3. The summed E-state index contributed by atoms with van der Waals surface area (Å²) in [7, 11) is 0. The van der Waals surface area contributed by atoms with Gasteiger partial charge in [0.2, 0.25) is 0 Å². The van der Waals surface area contributed by atoms with E-state index in [1.165, 1.54) is 6.08 Å². The minimum Gasteiger partial charge on any atom is -0.340 e. The summed E-state index contributed by atoms with van der Waals surface area (Å²) in [6, 6.07) is 21.3. The molecule has 2 heterocycles. The van der Waals surface area contributed by atoms with Crippen LogP contribution in [0.4, 0.5) is 18.9 Å². The van der Waals surface area contributed by atoms with Crippen molar-refractivity contribution in [3.8, 4) is 0 Å². The van der Waals surface area contributed by atoms with E-state index in [1.54, 1.807) is 36.4 Å². The van der Waals surface area contributed by atoms with Gasteiger partial charge >= 0.3 is 6.18 Å². The maximum atomic E-state index is 14.0. The predicted octanol–water partition coefficient (Wildman–Crippen LogP) is 7.31. The van der Waals surface area contributed by atoms with Gasteiger partial charge in [-0.3, -0.25) is 4.79 Å². The highest BCUT2D eigenvalue weighted by Gasteiger charge is 2.47. The summed E-state index contributed by atoms with van der Waals surface area (Å²) in [5.41, 5.74) is 2.48. The van der Waals surface area contributed by atoms with Crippen molar-refractivity contribution < 1.29 is 18.0 Å². The zero-order valence-electron chi connectivity index (χ0n) is 19.5. The van der Waals surface area contributed by atoms with Crippen LogP contribution in [0.5, 0.6) is 0 Å². The quantitative estimate of drug-likeness (QED) is 0.267. The van der Waals surface area contributed by atoms with Crippen molar-refractivity contribution in [1.82, 2.24) is 4.57 Å². The topological polar surface area (TPSA) is 37.6 Å². The number of benzene rings is 3. The lowest BCUT2D eigenvalue weighted by Gasteiger charge is -2.11. The van der Waals surface area contributed by atoms with E-state index in [0.717, 1.165) is 32.7 Å². The third-order valence-corrected chi connectivity index (χ3v) is 6.62. The largest absolute Gasteiger partial charge is 0.435 e. The van der Waals surface area contributed by atoms with Crippen LogP contribution in [-0.4, -0.2) is 22.4 Å². The molecule has 36 heavy (non-hydrogen) atoms. The van der Waals surface area contributed by atoms with Gasteiger partial charge in [0, 0.05) is 33.7 Å². The molecule has 0 aliphatic carbocycles. The van der Waals surface area contributed by atoms with Crippen molar-refractivity contribution >= 4 is 45.9 Å². The molecule has 0 radical (unpaired) electrons. The van der Waals surface area contributed by atoms with E-state index in [4.69, 9.17) is 11.6 Å². The fourth-order valence-electron chi connectivity index (χ4n) is 4.45. The Hall–Kier alpha value is -3.84. The number of alkyl halides is 3. The molecule has 1 aliphatic rings. The summed E-state index contributed by atoms with van der Waals surface area (Å²) in [6.45, 7) is 4.17. The Bertz CT molecular complexity index is 1550. The van der Waals surface area contributed by atoms with Gasteiger partial charge in [-0.25, -0.2) is 0 Å². The molecule has 0 N–H and O–H groups in total. The molecule has 1 aliphatic heterocycles. The lowest BCUT2D eigenvalue weighted by Crippen LogP contribution is -2.25. The third kappa shape index (κ3) is 4.20. The van der Waals surface area contributed by atoms with E-state index >= 15 is 0 Å². The molecule has 0 saturated heterocycles. The van der Waals surface area contributed by atoms with Gasteiger partial charge in [0.05, 0.1) is 11.3 Å². The molecule has 0 spiro atoms. The number of halogens is 4. The summed E-state index contributed by atoms with van der Waals surface area (Å²) in [6.07, 6.45) is -3.48. The number of carbonyl (C=O) groups excluding carboxylic acids is 1. The number of hydrogen-bond donors (Lipinski definition) is 0. The van der Waals surface area contributed by atoms with Crippen LogP contribution < -0.4 is 5.01 Å². The van der Waals surface area contributed by atoms with Crippen LogP contribution in [0.25, 0.3) is 17.0 Å². The first-order valence-corrected chi connectivity index (χ1v) is 11.6. The number of nitrogens with zero attached hydrogens (tertiary/aromatic N) is 3. The molecule has 0 unspecified atom stereocenters. The maximum absolute atomic E-state index is 14.0. The number of amides is 1. The van der Waals surface area contributed by atoms with Gasteiger partial charge in [-0.05, 0) is 55.8 Å². The first kappa shape index (κ1) is 23.9. The van der Waals surface area contributed by atoms with Crippen molar-refractivity contribution in [3.63, 3.8) is 0 Å². The molecule has 4 aromatic rings. The Morgan fingerprint density at radius 1 is 0.972 bits per heavy atom. The number of carbonyl (C=O) groups is 1. The molecule has 1 amide bonds. The fourth-order valence-corrected chi connectivity index (χ4v) is 4.64. The lowest BCUT2D eigenvalue weighted by molar-refractivity contribution is -0.114. The summed E-state index contributed by atoms with van der Waals surface area (Å²) in [4.78, 5) is 13.2. The Morgan fingerprint density at radius 3 is 2.36 bits per heavy atom. The van der Waals surface area contributed by atoms with E-state index in [2.05, 4.69) is 5.10 Å². The van der Waals surface area contributed by atoms with Gasteiger partial charge in [-0.1, -0.05) is 59.6 Å². The van der Waals surface area contributed by atoms with Crippen LogP contribution >= 0.6 is 11.6 Å². The van der Waals surface area contributed by atoms with Crippen molar-refractivity contribution in [3.05, 3.63) is 106 Å². The molecule has 0 fully saturated rings. The molecule has 0 bridgehead atoms.